The molecule has 14 heavy (non-hydrogen) atoms. The van der Waals surface area contributed by atoms with Crippen molar-refractivity contribution in [2.24, 2.45) is 0 Å². The normalized spacial score (nSPS) is 25.0. The summed E-state index contributed by atoms with van der Waals surface area (Å²) in [7, 11) is 0. The minimum absolute atomic E-state index is 0.360. The standard InChI is InChI=1S/C10H17ClN2S/c1-10(2)3-4-13(5-6-14-10)8-9(11)7-12/h9H,3-6,8H2,1-2H3. The molecule has 1 fully saturated rings. The molecule has 0 bridgehead atoms. The third-order valence-electron chi connectivity index (χ3n) is 2.49. The number of hydrogen-bond donors (Lipinski definition) is 0. The van der Waals surface area contributed by atoms with E-state index in [0.717, 1.165) is 18.8 Å². The van der Waals surface area contributed by atoms with E-state index in [0.29, 0.717) is 11.3 Å². The van der Waals surface area contributed by atoms with Crippen LogP contribution >= 0.6 is 23.4 Å². The Labute approximate surface area is 95.6 Å². The predicted molar refractivity (Wildman–Crippen MR) is 62.8 cm³/mol. The highest BCUT2D eigenvalue weighted by molar-refractivity contribution is 8.00. The highest BCUT2D eigenvalue weighted by Crippen LogP contribution is 2.30. The third-order valence-corrected chi connectivity index (χ3v) is 4.10. The lowest BCUT2D eigenvalue weighted by atomic mass is 10.1. The van der Waals surface area contributed by atoms with E-state index in [1.807, 2.05) is 11.8 Å². The van der Waals surface area contributed by atoms with E-state index < -0.39 is 0 Å². The lowest BCUT2D eigenvalue weighted by molar-refractivity contribution is 0.292. The number of nitriles is 1. The number of nitrogens with zero attached hydrogens (tertiary/aromatic N) is 2. The molecule has 1 heterocycles. The summed E-state index contributed by atoms with van der Waals surface area (Å²) in [5, 5.41) is 8.26. The molecule has 0 radical (unpaired) electrons. The van der Waals surface area contributed by atoms with Gasteiger partial charge in [-0.2, -0.15) is 17.0 Å². The summed E-state index contributed by atoms with van der Waals surface area (Å²) < 4.78 is 0.378. The zero-order valence-electron chi connectivity index (χ0n) is 8.79. The van der Waals surface area contributed by atoms with Crippen LogP contribution in [0.1, 0.15) is 20.3 Å². The second-order valence-electron chi connectivity index (χ2n) is 4.26. The first-order chi connectivity index (χ1) is 6.53. The highest BCUT2D eigenvalue weighted by Gasteiger charge is 2.24. The number of halogens is 1. The Bertz CT molecular complexity index is 225. The second kappa shape index (κ2) is 5.25. The molecule has 2 nitrogen and oxygen atoms in total. The maximum absolute atomic E-state index is 8.62. The first-order valence-corrected chi connectivity index (χ1v) is 6.36. The highest BCUT2D eigenvalue weighted by atomic mass is 35.5. The first kappa shape index (κ1) is 12.2. The maximum atomic E-state index is 8.62. The van der Waals surface area contributed by atoms with Crippen LogP contribution in [0.25, 0.3) is 0 Å². The van der Waals surface area contributed by atoms with Gasteiger partial charge >= 0.3 is 0 Å². The van der Waals surface area contributed by atoms with Gasteiger partial charge in [0.25, 0.3) is 0 Å². The number of hydrogen-bond acceptors (Lipinski definition) is 3. The van der Waals surface area contributed by atoms with E-state index in [-0.39, 0.29) is 5.38 Å². The van der Waals surface area contributed by atoms with Crippen LogP contribution in [0.15, 0.2) is 0 Å². The smallest absolute Gasteiger partial charge is 0.133 e. The quantitative estimate of drug-likeness (QED) is 0.684. The molecule has 1 rings (SSSR count). The fourth-order valence-electron chi connectivity index (χ4n) is 1.51. The second-order valence-corrected chi connectivity index (χ2v) is 6.58. The molecule has 0 aromatic rings. The average Bonchev–Trinajstić information content (AvgIpc) is 2.28. The van der Waals surface area contributed by atoms with Gasteiger partial charge in [-0.05, 0) is 13.0 Å². The summed E-state index contributed by atoms with van der Waals surface area (Å²) in [6.07, 6.45) is 1.17. The molecule has 4 heteroatoms. The summed E-state index contributed by atoms with van der Waals surface area (Å²) in [4.78, 5) is 2.29. The summed E-state index contributed by atoms with van der Waals surface area (Å²) in [6.45, 7) is 7.38. The van der Waals surface area contributed by atoms with E-state index in [4.69, 9.17) is 16.9 Å². The van der Waals surface area contributed by atoms with Gasteiger partial charge in [0.15, 0.2) is 0 Å². The maximum Gasteiger partial charge on any atom is 0.133 e. The van der Waals surface area contributed by atoms with E-state index in [1.165, 1.54) is 6.42 Å². The largest absolute Gasteiger partial charge is 0.300 e. The fourth-order valence-corrected chi connectivity index (χ4v) is 2.85. The van der Waals surface area contributed by atoms with Crippen molar-refractivity contribution in [2.45, 2.75) is 30.4 Å². The van der Waals surface area contributed by atoms with E-state index in [9.17, 15) is 0 Å². The van der Waals surface area contributed by atoms with Crippen LogP contribution in [0, 0.1) is 11.3 Å². The topological polar surface area (TPSA) is 27.0 Å². The van der Waals surface area contributed by atoms with Crippen LogP contribution in [0.2, 0.25) is 0 Å². The van der Waals surface area contributed by atoms with Crippen molar-refractivity contribution in [3.8, 4) is 6.07 Å². The minimum atomic E-state index is -0.360. The van der Waals surface area contributed by atoms with Crippen LogP contribution in [0.5, 0.6) is 0 Å². The SMILES string of the molecule is CC1(C)CCN(CC(Cl)C#N)CCS1. The molecule has 1 unspecified atom stereocenters. The average molecular weight is 233 g/mol. The zero-order chi connectivity index (χ0) is 10.6. The van der Waals surface area contributed by atoms with Crippen molar-refractivity contribution < 1.29 is 0 Å². The molecule has 0 aromatic heterocycles. The van der Waals surface area contributed by atoms with Gasteiger partial charge < -0.3 is 0 Å². The molecule has 0 saturated carbocycles. The molecular formula is C10H17ClN2S. The van der Waals surface area contributed by atoms with E-state index in [2.05, 4.69) is 24.8 Å². The monoisotopic (exact) mass is 232 g/mol. The Morgan fingerprint density at radius 2 is 2.29 bits per heavy atom. The van der Waals surface area contributed by atoms with Gasteiger partial charge in [0, 0.05) is 23.6 Å². The summed E-state index contributed by atoms with van der Waals surface area (Å²) in [5.74, 6) is 1.14. The summed E-state index contributed by atoms with van der Waals surface area (Å²) >= 11 is 7.83. The van der Waals surface area contributed by atoms with Crippen LogP contribution < -0.4 is 0 Å². The Morgan fingerprint density at radius 3 is 2.93 bits per heavy atom. The van der Waals surface area contributed by atoms with Crippen molar-refractivity contribution in [1.82, 2.24) is 4.90 Å². The van der Waals surface area contributed by atoms with Crippen LogP contribution in [-0.4, -0.2) is 40.4 Å². The fraction of sp³-hybridized carbons (Fsp3) is 0.900. The van der Waals surface area contributed by atoms with Gasteiger partial charge in [0.1, 0.15) is 5.38 Å². The molecule has 1 saturated heterocycles. The van der Waals surface area contributed by atoms with Crippen molar-refractivity contribution in [3.63, 3.8) is 0 Å². The first-order valence-electron chi connectivity index (χ1n) is 4.93. The third kappa shape index (κ3) is 4.08. The van der Waals surface area contributed by atoms with Gasteiger partial charge in [-0.15, -0.1) is 11.6 Å². The van der Waals surface area contributed by atoms with Gasteiger partial charge in [0.2, 0.25) is 0 Å². The van der Waals surface area contributed by atoms with Crippen LogP contribution in [-0.2, 0) is 0 Å². The summed E-state index contributed by atoms with van der Waals surface area (Å²) in [5.41, 5.74) is 0. The minimum Gasteiger partial charge on any atom is -0.300 e. The van der Waals surface area contributed by atoms with E-state index in [1.54, 1.807) is 0 Å². The van der Waals surface area contributed by atoms with Crippen LogP contribution in [0.3, 0.4) is 0 Å². The van der Waals surface area contributed by atoms with Gasteiger partial charge in [-0.25, -0.2) is 0 Å². The molecule has 1 aliphatic heterocycles. The summed E-state index contributed by atoms with van der Waals surface area (Å²) in [6, 6.07) is 2.07. The lowest BCUT2D eigenvalue weighted by Gasteiger charge is -2.22. The zero-order valence-corrected chi connectivity index (χ0v) is 10.4. The number of thioether (sulfide) groups is 1. The molecular weight excluding hydrogens is 216 g/mol. The molecule has 80 valence electrons. The molecule has 0 spiro atoms. The Morgan fingerprint density at radius 1 is 1.57 bits per heavy atom. The Hall–Kier alpha value is 0.0900. The molecule has 1 aliphatic rings. The van der Waals surface area contributed by atoms with Gasteiger partial charge in [-0.3, -0.25) is 4.90 Å². The van der Waals surface area contributed by atoms with Crippen LogP contribution in [0.4, 0.5) is 0 Å². The van der Waals surface area contributed by atoms with Crippen molar-refractivity contribution in [2.75, 3.05) is 25.4 Å². The predicted octanol–water partition coefficient (Wildman–Crippen LogP) is 2.33. The van der Waals surface area contributed by atoms with Gasteiger partial charge in [0.05, 0.1) is 6.07 Å². The molecule has 1 atom stereocenters. The molecule has 0 amide bonds. The van der Waals surface area contributed by atoms with Gasteiger partial charge in [-0.1, -0.05) is 13.8 Å². The lowest BCUT2D eigenvalue weighted by Crippen LogP contribution is -2.32. The van der Waals surface area contributed by atoms with Crippen molar-refractivity contribution in [3.05, 3.63) is 0 Å². The number of rotatable bonds is 2. The molecule has 0 aliphatic carbocycles. The van der Waals surface area contributed by atoms with E-state index >= 15 is 0 Å². The van der Waals surface area contributed by atoms with Crippen molar-refractivity contribution in [1.29, 1.82) is 5.26 Å². The Kier molecular flexibility index (Phi) is 4.56. The molecule has 0 N–H and O–H groups in total. The molecule has 0 aromatic carbocycles. The Balaban J connectivity index is 2.39. The number of alkyl halides is 1. The van der Waals surface area contributed by atoms with Crippen molar-refractivity contribution >= 4 is 23.4 Å².